The van der Waals surface area contributed by atoms with Crippen LogP contribution in [0.5, 0.6) is 11.5 Å². The number of rotatable bonds is 10. The lowest BCUT2D eigenvalue weighted by Gasteiger charge is -2.34. The van der Waals surface area contributed by atoms with Crippen LogP contribution in [0, 0.1) is 0 Å². The fourth-order valence-electron chi connectivity index (χ4n) is 6.90. The minimum Gasteiger partial charge on any atom is -0.497 e. The summed E-state index contributed by atoms with van der Waals surface area (Å²) in [5.74, 6) is 1.34. The predicted octanol–water partition coefficient (Wildman–Crippen LogP) is 8.43. The molecule has 0 unspecified atom stereocenters. The Kier molecular flexibility index (Phi) is 8.69. The van der Waals surface area contributed by atoms with Crippen molar-refractivity contribution >= 4 is 23.2 Å². The minimum atomic E-state index is -0.607. The van der Waals surface area contributed by atoms with E-state index in [4.69, 9.17) is 9.47 Å². The van der Waals surface area contributed by atoms with Crippen molar-refractivity contribution in [1.29, 1.82) is 0 Å². The van der Waals surface area contributed by atoms with Crippen molar-refractivity contribution in [2.75, 3.05) is 24.9 Å². The zero-order valence-corrected chi connectivity index (χ0v) is 27.4. The third-order valence-electron chi connectivity index (χ3n) is 9.20. The summed E-state index contributed by atoms with van der Waals surface area (Å²) in [6, 6.07) is 48.4. The van der Waals surface area contributed by atoms with E-state index >= 15 is 0 Å². The number of hydrogen-bond acceptors (Lipinski definition) is 4. The Hall–Kier alpha value is -6.14. The molecule has 0 spiro atoms. The van der Waals surface area contributed by atoms with Gasteiger partial charge in [0.2, 0.25) is 11.8 Å². The summed E-state index contributed by atoms with van der Waals surface area (Å²) >= 11 is 0. The van der Waals surface area contributed by atoms with Gasteiger partial charge in [0.05, 0.1) is 32.5 Å². The average Bonchev–Trinajstić information content (AvgIpc) is 3.44. The van der Waals surface area contributed by atoms with Gasteiger partial charge in [0.1, 0.15) is 11.5 Å². The van der Waals surface area contributed by atoms with E-state index in [1.807, 2.05) is 72.8 Å². The van der Waals surface area contributed by atoms with Crippen molar-refractivity contribution in [3.05, 3.63) is 179 Å². The van der Waals surface area contributed by atoms with E-state index in [0.29, 0.717) is 0 Å². The molecule has 6 aromatic carbocycles. The highest BCUT2D eigenvalue weighted by atomic mass is 16.5. The van der Waals surface area contributed by atoms with Crippen LogP contribution in [0.4, 0.5) is 11.4 Å². The molecular formula is C43H36N2O4. The van der Waals surface area contributed by atoms with Crippen LogP contribution in [0.1, 0.15) is 33.4 Å². The minimum absolute atomic E-state index is 0.0891. The van der Waals surface area contributed by atoms with Crippen molar-refractivity contribution in [3.8, 4) is 22.6 Å². The summed E-state index contributed by atoms with van der Waals surface area (Å²) in [5, 5.41) is 6.12. The van der Waals surface area contributed by atoms with Gasteiger partial charge in [-0.1, -0.05) is 97.1 Å². The zero-order valence-electron chi connectivity index (χ0n) is 27.4. The number of benzene rings is 6. The number of amides is 2. The Morgan fingerprint density at radius 2 is 0.857 bits per heavy atom. The van der Waals surface area contributed by atoms with Gasteiger partial charge in [0.25, 0.3) is 0 Å². The van der Waals surface area contributed by atoms with Crippen LogP contribution in [0.2, 0.25) is 0 Å². The fraction of sp³-hybridized carbons (Fsp3) is 0.116. The Labute approximate surface area is 286 Å². The number of fused-ring (bicyclic) bond motifs is 3. The summed E-state index contributed by atoms with van der Waals surface area (Å²) in [6.45, 7) is 0. The van der Waals surface area contributed by atoms with E-state index in [2.05, 4.69) is 83.4 Å². The van der Waals surface area contributed by atoms with Crippen molar-refractivity contribution in [2.45, 2.75) is 18.3 Å². The Morgan fingerprint density at radius 3 is 1.22 bits per heavy atom. The summed E-state index contributed by atoms with van der Waals surface area (Å²) in [6.07, 6.45) is 0.527. The predicted molar refractivity (Wildman–Crippen MR) is 194 cm³/mol. The molecule has 49 heavy (non-hydrogen) atoms. The van der Waals surface area contributed by atoms with Crippen molar-refractivity contribution in [2.24, 2.45) is 0 Å². The van der Waals surface area contributed by atoms with Gasteiger partial charge in [-0.2, -0.15) is 0 Å². The molecule has 0 fully saturated rings. The number of anilines is 2. The fourth-order valence-corrected chi connectivity index (χ4v) is 6.90. The molecule has 0 atom stereocenters. The van der Waals surface area contributed by atoms with E-state index in [-0.39, 0.29) is 24.7 Å². The number of carbonyl (C=O) groups excluding carboxylic acids is 2. The smallest absolute Gasteiger partial charge is 0.228 e. The van der Waals surface area contributed by atoms with Gasteiger partial charge in [-0.25, -0.2) is 0 Å². The first-order chi connectivity index (χ1) is 24.0. The molecule has 0 radical (unpaired) electrons. The standard InChI is InChI=1S/C43H36N2O4/c1-48-35-23-11-29(12-24-35)27-41(46)44-33-19-15-31(16-20-33)43(39-9-5-3-7-37(39)38-8-4-6-10-40(38)43)32-17-21-34(22-18-32)45-42(47)28-30-13-25-36(49-2)26-14-30/h3-26H,27-28H2,1-2H3,(H,44,46)(H,45,47). The second-order valence-corrected chi connectivity index (χ2v) is 12.1. The number of nitrogens with one attached hydrogen (secondary N) is 2. The van der Waals surface area contributed by atoms with Gasteiger partial charge in [0.15, 0.2) is 0 Å². The molecule has 0 saturated heterocycles. The second kappa shape index (κ2) is 13.5. The molecule has 1 aliphatic carbocycles. The molecule has 0 heterocycles. The number of hydrogen-bond donors (Lipinski definition) is 2. The van der Waals surface area contributed by atoms with Crippen molar-refractivity contribution < 1.29 is 19.1 Å². The van der Waals surface area contributed by atoms with Gasteiger partial charge in [0, 0.05) is 11.4 Å². The molecule has 6 aromatic rings. The van der Waals surface area contributed by atoms with Crippen LogP contribution in [-0.2, 0) is 27.8 Å². The molecule has 0 aromatic heterocycles. The van der Waals surface area contributed by atoms with Gasteiger partial charge < -0.3 is 20.1 Å². The number of carbonyl (C=O) groups is 2. The first-order valence-corrected chi connectivity index (χ1v) is 16.2. The van der Waals surface area contributed by atoms with Crippen LogP contribution in [0.15, 0.2) is 146 Å². The molecule has 7 rings (SSSR count). The van der Waals surface area contributed by atoms with E-state index < -0.39 is 5.41 Å². The lowest BCUT2D eigenvalue weighted by Crippen LogP contribution is -2.28. The SMILES string of the molecule is COc1ccc(CC(=O)Nc2ccc(C3(c4ccc(NC(=O)Cc5ccc(OC)cc5)cc4)c4ccccc4-c4ccccc43)cc2)cc1. The first-order valence-electron chi connectivity index (χ1n) is 16.2. The molecule has 6 nitrogen and oxygen atoms in total. The maximum atomic E-state index is 12.9. The van der Waals surface area contributed by atoms with Crippen LogP contribution in [-0.4, -0.2) is 26.0 Å². The number of methoxy groups -OCH3 is 2. The topological polar surface area (TPSA) is 76.7 Å². The monoisotopic (exact) mass is 644 g/mol. The van der Waals surface area contributed by atoms with Crippen molar-refractivity contribution in [1.82, 2.24) is 0 Å². The highest BCUT2D eigenvalue weighted by Gasteiger charge is 2.45. The van der Waals surface area contributed by atoms with Gasteiger partial charge in [-0.05, 0) is 93.0 Å². The van der Waals surface area contributed by atoms with E-state index in [9.17, 15) is 9.59 Å². The van der Waals surface area contributed by atoms with E-state index in [1.165, 1.54) is 22.3 Å². The first kappa shape index (κ1) is 31.5. The summed E-state index contributed by atoms with van der Waals surface area (Å²) < 4.78 is 10.5. The van der Waals surface area contributed by atoms with Crippen molar-refractivity contribution in [3.63, 3.8) is 0 Å². The molecule has 6 heteroatoms. The molecule has 0 saturated carbocycles. The van der Waals surface area contributed by atoms with Gasteiger partial charge in [-0.3, -0.25) is 9.59 Å². The van der Waals surface area contributed by atoms with Crippen LogP contribution in [0.3, 0.4) is 0 Å². The van der Waals surface area contributed by atoms with Crippen LogP contribution < -0.4 is 20.1 Å². The summed E-state index contributed by atoms with van der Waals surface area (Å²) in [4.78, 5) is 25.9. The molecule has 2 amide bonds. The van der Waals surface area contributed by atoms with Crippen LogP contribution in [0.25, 0.3) is 11.1 Å². The van der Waals surface area contributed by atoms with Gasteiger partial charge >= 0.3 is 0 Å². The largest absolute Gasteiger partial charge is 0.497 e. The lowest BCUT2D eigenvalue weighted by atomic mass is 9.67. The Bertz CT molecular complexity index is 1950. The van der Waals surface area contributed by atoms with E-state index in [0.717, 1.165) is 45.1 Å². The average molecular weight is 645 g/mol. The van der Waals surface area contributed by atoms with E-state index in [1.54, 1.807) is 14.2 Å². The molecule has 2 N–H and O–H groups in total. The maximum Gasteiger partial charge on any atom is 0.228 e. The third-order valence-corrected chi connectivity index (χ3v) is 9.20. The summed E-state index contributed by atoms with van der Waals surface area (Å²) in [7, 11) is 3.25. The highest BCUT2D eigenvalue weighted by molar-refractivity contribution is 5.93. The lowest BCUT2D eigenvalue weighted by molar-refractivity contribution is -0.116. The molecule has 0 aliphatic heterocycles. The van der Waals surface area contributed by atoms with Crippen LogP contribution >= 0.6 is 0 Å². The molecule has 242 valence electrons. The summed E-state index contributed by atoms with van der Waals surface area (Å²) in [5.41, 5.74) is 9.57. The normalized spacial score (nSPS) is 12.4. The Balaban J connectivity index is 1.19. The third kappa shape index (κ3) is 6.17. The highest BCUT2D eigenvalue weighted by Crippen LogP contribution is 2.56. The maximum absolute atomic E-state index is 12.9. The second-order valence-electron chi connectivity index (χ2n) is 12.1. The molecular weight excluding hydrogens is 608 g/mol. The number of ether oxygens (including phenoxy) is 2. The zero-order chi connectivity index (χ0) is 33.8. The quantitative estimate of drug-likeness (QED) is 0.157. The molecule has 1 aliphatic rings. The molecule has 0 bridgehead atoms. The Morgan fingerprint density at radius 1 is 0.490 bits per heavy atom. The van der Waals surface area contributed by atoms with Gasteiger partial charge in [-0.15, -0.1) is 0 Å².